The van der Waals surface area contributed by atoms with E-state index in [4.69, 9.17) is 4.74 Å². The van der Waals surface area contributed by atoms with Crippen LogP contribution in [-0.4, -0.2) is 22.1 Å². The molecule has 0 aromatic carbocycles. The smallest absolute Gasteiger partial charge is 0.355 e. The Kier molecular flexibility index (Phi) is 2.96. The number of hydrogen-bond donors (Lipinski definition) is 0. The molecule has 0 amide bonds. The molecule has 4 nitrogen and oxygen atoms in total. The van der Waals surface area contributed by atoms with Crippen LogP contribution in [0.5, 0.6) is 0 Å². The number of fused-ring (bicyclic) bond motifs is 1. The van der Waals surface area contributed by atoms with Crippen molar-refractivity contribution in [2.45, 2.75) is 27.3 Å². The van der Waals surface area contributed by atoms with Gasteiger partial charge in [0.15, 0.2) is 0 Å². The molecule has 2 rings (SSSR count). The minimum Gasteiger partial charge on any atom is -0.461 e. The van der Waals surface area contributed by atoms with E-state index in [1.54, 1.807) is 17.4 Å². The first-order valence-corrected chi connectivity index (χ1v) is 6.12. The average molecular weight is 238 g/mol. The van der Waals surface area contributed by atoms with Gasteiger partial charge in [-0.05, 0) is 26.8 Å². The fraction of sp³-hybridized carbons (Fsp3) is 0.455. The van der Waals surface area contributed by atoms with Crippen molar-refractivity contribution < 1.29 is 9.53 Å². The number of thiazole rings is 1. The number of esters is 1. The summed E-state index contributed by atoms with van der Waals surface area (Å²) in [7, 11) is 0. The van der Waals surface area contributed by atoms with Crippen molar-refractivity contribution in [3.63, 3.8) is 0 Å². The maximum Gasteiger partial charge on any atom is 0.355 e. The summed E-state index contributed by atoms with van der Waals surface area (Å²) in [5.41, 5.74) is 1.48. The zero-order valence-corrected chi connectivity index (χ0v) is 10.4. The van der Waals surface area contributed by atoms with Crippen LogP contribution in [0.3, 0.4) is 0 Å². The monoisotopic (exact) mass is 238 g/mol. The van der Waals surface area contributed by atoms with Crippen molar-refractivity contribution in [1.29, 1.82) is 0 Å². The van der Waals surface area contributed by atoms with Gasteiger partial charge in [-0.3, -0.25) is 0 Å². The van der Waals surface area contributed by atoms with Crippen LogP contribution in [0.25, 0.3) is 10.3 Å². The number of hydrogen-bond acceptors (Lipinski definition) is 4. The van der Waals surface area contributed by atoms with Crippen molar-refractivity contribution in [1.82, 2.24) is 9.55 Å². The Balaban J connectivity index is 2.53. The molecular weight excluding hydrogens is 224 g/mol. The number of ether oxygens (including phenoxy) is 1. The van der Waals surface area contributed by atoms with Gasteiger partial charge in [0.25, 0.3) is 0 Å². The van der Waals surface area contributed by atoms with E-state index in [0.29, 0.717) is 12.3 Å². The lowest BCUT2D eigenvalue weighted by Gasteiger charge is -2.05. The fourth-order valence-corrected chi connectivity index (χ4v) is 2.70. The third-order valence-electron chi connectivity index (χ3n) is 2.35. The lowest BCUT2D eigenvalue weighted by Crippen LogP contribution is -2.11. The minimum atomic E-state index is -0.271. The first-order chi connectivity index (χ1) is 7.67. The Hall–Kier alpha value is -1.36. The van der Waals surface area contributed by atoms with Gasteiger partial charge in [0.1, 0.15) is 16.0 Å². The molecule has 0 N–H and O–H groups in total. The van der Waals surface area contributed by atoms with Gasteiger partial charge in [0, 0.05) is 6.54 Å². The van der Waals surface area contributed by atoms with Crippen LogP contribution in [0.15, 0.2) is 6.07 Å². The molecule has 86 valence electrons. The van der Waals surface area contributed by atoms with E-state index in [9.17, 15) is 4.79 Å². The largest absolute Gasteiger partial charge is 0.461 e. The molecule has 2 heterocycles. The normalized spacial score (nSPS) is 10.9. The second-order valence-electron chi connectivity index (χ2n) is 3.42. The minimum absolute atomic E-state index is 0.271. The van der Waals surface area contributed by atoms with Gasteiger partial charge in [-0.25, -0.2) is 9.78 Å². The van der Waals surface area contributed by atoms with Crippen molar-refractivity contribution in [3.8, 4) is 0 Å². The fourth-order valence-electron chi connectivity index (χ4n) is 1.72. The van der Waals surface area contributed by atoms with Crippen molar-refractivity contribution >= 4 is 27.7 Å². The lowest BCUT2D eigenvalue weighted by molar-refractivity contribution is 0.0514. The van der Waals surface area contributed by atoms with Crippen LogP contribution in [0, 0.1) is 6.92 Å². The van der Waals surface area contributed by atoms with Gasteiger partial charge in [-0.15, -0.1) is 11.3 Å². The maximum absolute atomic E-state index is 11.7. The lowest BCUT2D eigenvalue weighted by atomic mass is 10.4. The number of rotatable bonds is 3. The highest BCUT2D eigenvalue weighted by Crippen LogP contribution is 2.26. The molecule has 2 aromatic rings. The molecular formula is C11H14N2O2S. The summed E-state index contributed by atoms with van der Waals surface area (Å²) in [4.78, 5) is 17.1. The van der Waals surface area contributed by atoms with Crippen LogP contribution in [0.1, 0.15) is 29.3 Å². The SMILES string of the molecule is CCOC(=O)c1cc2nc(C)sc2n1CC. The maximum atomic E-state index is 11.7. The molecule has 0 radical (unpaired) electrons. The Labute approximate surface area is 97.9 Å². The summed E-state index contributed by atoms with van der Waals surface area (Å²) in [6, 6.07) is 1.81. The molecule has 0 fully saturated rings. The Morgan fingerprint density at radius 2 is 2.31 bits per heavy atom. The Bertz CT molecular complexity index is 527. The van der Waals surface area contributed by atoms with Crippen molar-refractivity contribution in [3.05, 3.63) is 16.8 Å². The van der Waals surface area contributed by atoms with E-state index >= 15 is 0 Å². The molecule has 2 aromatic heterocycles. The highest BCUT2D eigenvalue weighted by atomic mass is 32.1. The predicted molar refractivity (Wildman–Crippen MR) is 64.0 cm³/mol. The highest BCUT2D eigenvalue weighted by molar-refractivity contribution is 7.18. The molecule has 0 aliphatic rings. The van der Waals surface area contributed by atoms with Crippen LogP contribution >= 0.6 is 11.3 Å². The molecule has 0 spiro atoms. The molecule has 0 atom stereocenters. The van der Waals surface area contributed by atoms with Gasteiger partial charge in [0.2, 0.25) is 0 Å². The molecule has 0 unspecified atom stereocenters. The zero-order chi connectivity index (χ0) is 11.7. The third-order valence-corrected chi connectivity index (χ3v) is 3.36. The summed E-state index contributed by atoms with van der Waals surface area (Å²) in [5.74, 6) is -0.271. The quantitative estimate of drug-likeness (QED) is 0.772. The number of carbonyl (C=O) groups is 1. The standard InChI is InChI=1S/C11H14N2O2S/c1-4-13-9(11(14)15-5-2)6-8-10(13)16-7(3)12-8/h6H,4-5H2,1-3H3. The van der Waals surface area contributed by atoms with E-state index in [1.807, 2.05) is 25.3 Å². The van der Waals surface area contributed by atoms with E-state index < -0.39 is 0 Å². The summed E-state index contributed by atoms with van der Waals surface area (Å²) in [6.45, 7) is 6.93. The summed E-state index contributed by atoms with van der Waals surface area (Å²) in [6.07, 6.45) is 0. The number of carbonyl (C=O) groups excluding carboxylic acids is 1. The second-order valence-corrected chi connectivity index (χ2v) is 4.60. The van der Waals surface area contributed by atoms with Gasteiger partial charge in [-0.2, -0.15) is 0 Å². The number of aryl methyl sites for hydroxylation is 2. The molecule has 5 heteroatoms. The van der Waals surface area contributed by atoms with Gasteiger partial charge < -0.3 is 9.30 Å². The van der Waals surface area contributed by atoms with Crippen LogP contribution in [-0.2, 0) is 11.3 Å². The van der Waals surface area contributed by atoms with E-state index in [2.05, 4.69) is 4.98 Å². The van der Waals surface area contributed by atoms with E-state index in [0.717, 1.165) is 21.9 Å². The molecule has 0 aliphatic heterocycles. The summed E-state index contributed by atoms with van der Waals surface area (Å²) in [5, 5.41) is 1.02. The molecule has 0 aliphatic carbocycles. The molecule has 0 saturated heterocycles. The van der Waals surface area contributed by atoms with E-state index in [1.165, 1.54) is 0 Å². The average Bonchev–Trinajstić information content (AvgIpc) is 2.73. The van der Waals surface area contributed by atoms with Crippen molar-refractivity contribution in [2.24, 2.45) is 0 Å². The highest BCUT2D eigenvalue weighted by Gasteiger charge is 2.17. The van der Waals surface area contributed by atoms with E-state index in [-0.39, 0.29) is 5.97 Å². The third kappa shape index (κ3) is 1.71. The predicted octanol–water partition coefficient (Wildman–Crippen LogP) is 2.60. The Morgan fingerprint density at radius 1 is 1.56 bits per heavy atom. The number of aromatic nitrogens is 2. The van der Waals surface area contributed by atoms with Gasteiger partial charge in [-0.1, -0.05) is 0 Å². The van der Waals surface area contributed by atoms with Crippen LogP contribution in [0.4, 0.5) is 0 Å². The molecule has 0 saturated carbocycles. The van der Waals surface area contributed by atoms with Crippen LogP contribution in [0.2, 0.25) is 0 Å². The zero-order valence-electron chi connectivity index (χ0n) is 9.61. The second kappa shape index (κ2) is 4.25. The van der Waals surface area contributed by atoms with Crippen molar-refractivity contribution in [2.75, 3.05) is 6.61 Å². The summed E-state index contributed by atoms with van der Waals surface area (Å²) >= 11 is 1.60. The summed E-state index contributed by atoms with van der Waals surface area (Å²) < 4.78 is 6.97. The Morgan fingerprint density at radius 3 is 2.94 bits per heavy atom. The van der Waals surface area contributed by atoms with Crippen LogP contribution < -0.4 is 0 Å². The molecule has 16 heavy (non-hydrogen) atoms. The van der Waals surface area contributed by atoms with Gasteiger partial charge >= 0.3 is 5.97 Å². The topological polar surface area (TPSA) is 44.1 Å². The first-order valence-electron chi connectivity index (χ1n) is 5.31. The first kappa shape index (κ1) is 11.1. The number of nitrogens with zero attached hydrogens (tertiary/aromatic N) is 2. The molecule has 0 bridgehead atoms. The van der Waals surface area contributed by atoms with Gasteiger partial charge in [0.05, 0.1) is 11.6 Å².